The lowest BCUT2D eigenvalue weighted by Crippen LogP contribution is -2.45. The lowest BCUT2D eigenvalue weighted by Gasteiger charge is -2.29. The number of hydrogen-bond donors (Lipinski definition) is 2. The zero-order valence-corrected chi connectivity index (χ0v) is 19.2. The number of carboxylic acids is 1. The van der Waals surface area contributed by atoms with Crippen LogP contribution in [0, 0.1) is 0 Å². The molecule has 0 aliphatic heterocycles. The van der Waals surface area contributed by atoms with Crippen LogP contribution >= 0.6 is 44.3 Å². The van der Waals surface area contributed by atoms with E-state index in [4.69, 9.17) is 15.6 Å². The van der Waals surface area contributed by atoms with Gasteiger partial charge in [0, 0.05) is 60.6 Å². The zero-order chi connectivity index (χ0) is 21.1. The summed E-state index contributed by atoms with van der Waals surface area (Å²) in [6.07, 6.45) is 5.03. The second-order valence-electron chi connectivity index (χ2n) is 5.94. The molecule has 2 rings (SSSR count). The van der Waals surface area contributed by atoms with Gasteiger partial charge in [-0.1, -0.05) is 21.6 Å². The maximum atomic E-state index is 12.5. The molecule has 0 spiro atoms. The van der Waals surface area contributed by atoms with Crippen LogP contribution in [0.1, 0.15) is 10.0 Å². The summed E-state index contributed by atoms with van der Waals surface area (Å²) in [5, 5.41) is 14.8. The summed E-state index contributed by atoms with van der Waals surface area (Å²) in [4.78, 5) is 34.1. The summed E-state index contributed by atoms with van der Waals surface area (Å²) < 4.78 is 5.04. The summed E-state index contributed by atoms with van der Waals surface area (Å²) >= 11 is 3.18. The normalized spacial score (nSPS) is 13.3. The summed E-state index contributed by atoms with van der Waals surface area (Å²) in [6, 6.07) is -1.37. The SMILES string of the molecule is COC(=O)[C@H](CSSCC(N)C(=O)O)N(CCc1nccs1)CCc1nccs1. The van der Waals surface area contributed by atoms with Crippen LogP contribution in [0.15, 0.2) is 23.2 Å². The standard InChI is InChI=1S/C17H24N4O4S4/c1-25-17(24)13(11-29-28-10-12(18)16(22)23)21(6-2-14-19-4-8-26-14)7-3-15-20-5-9-27-15/h4-5,8-9,12-13H,2-3,6-7,10-11,18H2,1H3,(H,22,23)/t12?,13-/m0/s1. The number of hydrogen-bond acceptors (Lipinski definition) is 11. The molecule has 3 N–H and O–H groups in total. The molecule has 0 aliphatic rings. The maximum Gasteiger partial charge on any atom is 0.323 e. The molecule has 0 aliphatic carbocycles. The van der Waals surface area contributed by atoms with Gasteiger partial charge in [-0.05, 0) is 0 Å². The van der Waals surface area contributed by atoms with Gasteiger partial charge in [0.15, 0.2) is 0 Å². The van der Waals surface area contributed by atoms with Crippen LogP contribution in [0.2, 0.25) is 0 Å². The Morgan fingerprint density at radius 1 is 1.14 bits per heavy atom. The van der Waals surface area contributed by atoms with E-state index in [0.717, 1.165) is 22.9 Å². The zero-order valence-electron chi connectivity index (χ0n) is 15.9. The minimum absolute atomic E-state index is 0.270. The number of rotatable bonds is 14. The Labute approximate surface area is 185 Å². The van der Waals surface area contributed by atoms with Gasteiger partial charge in [-0.25, -0.2) is 9.97 Å². The summed E-state index contributed by atoms with van der Waals surface area (Å²) in [6.45, 7) is 1.33. The van der Waals surface area contributed by atoms with E-state index in [-0.39, 0.29) is 11.7 Å². The summed E-state index contributed by atoms with van der Waals surface area (Å²) in [7, 11) is 4.16. The molecule has 0 bridgehead atoms. The molecular weight excluding hydrogens is 452 g/mol. The number of esters is 1. The van der Waals surface area contributed by atoms with Gasteiger partial charge in [-0.3, -0.25) is 14.5 Å². The predicted molar refractivity (Wildman–Crippen MR) is 120 cm³/mol. The fourth-order valence-electron chi connectivity index (χ4n) is 2.42. The van der Waals surface area contributed by atoms with Crippen molar-refractivity contribution in [3.8, 4) is 0 Å². The van der Waals surface area contributed by atoms with Crippen LogP contribution < -0.4 is 5.73 Å². The van der Waals surface area contributed by atoms with Crippen molar-refractivity contribution in [1.29, 1.82) is 0 Å². The lowest BCUT2D eigenvalue weighted by atomic mass is 10.2. The van der Waals surface area contributed by atoms with Crippen molar-refractivity contribution in [2.45, 2.75) is 24.9 Å². The van der Waals surface area contributed by atoms with Crippen LogP contribution in [-0.4, -0.2) is 75.7 Å². The largest absolute Gasteiger partial charge is 0.480 e. The molecule has 2 heterocycles. The number of aliphatic carboxylic acids is 1. The third kappa shape index (κ3) is 8.60. The highest BCUT2D eigenvalue weighted by Gasteiger charge is 2.27. The molecule has 12 heteroatoms. The van der Waals surface area contributed by atoms with Gasteiger partial charge in [-0.15, -0.1) is 22.7 Å². The van der Waals surface area contributed by atoms with Crippen LogP contribution in [0.25, 0.3) is 0 Å². The number of carbonyl (C=O) groups excluding carboxylic acids is 1. The van der Waals surface area contributed by atoms with Crippen molar-refractivity contribution in [2.24, 2.45) is 5.73 Å². The van der Waals surface area contributed by atoms with Crippen LogP contribution in [0.5, 0.6) is 0 Å². The molecule has 29 heavy (non-hydrogen) atoms. The van der Waals surface area contributed by atoms with E-state index in [1.165, 1.54) is 28.7 Å². The predicted octanol–water partition coefficient (Wildman–Crippen LogP) is 2.02. The van der Waals surface area contributed by atoms with Crippen LogP contribution in [0.4, 0.5) is 0 Å². The Hall–Kier alpha value is -1.18. The third-order valence-corrected chi connectivity index (χ3v) is 8.09. The molecule has 0 saturated carbocycles. The molecular formula is C17H24N4O4S4. The highest BCUT2D eigenvalue weighted by molar-refractivity contribution is 8.76. The Balaban J connectivity index is 1.98. The number of ether oxygens (including phenoxy) is 1. The quantitative estimate of drug-likeness (QED) is 0.238. The molecule has 0 fully saturated rings. The van der Waals surface area contributed by atoms with Gasteiger partial charge in [-0.2, -0.15) is 0 Å². The van der Waals surface area contributed by atoms with Gasteiger partial charge < -0.3 is 15.6 Å². The molecule has 0 amide bonds. The number of methoxy groups -OCH3 is 1. The smallest absolute Gasteiger partial charge is 0.323 e. The lowest BCUT2D eigenvalue weighted by molar-refractivity contribution is -0.146. The van der Waals surface area contributed by atoms with E-state index < -0.39 is 18.1 Å². The highest BCUT2D eigenvalue weighted by atomic mass is 33.1. The first-order valence-electron chi connectivity index (χ1n) is 8.82. The molecule has 8 nitrogen and oxygen atoms in total. The molecule has 1 unspecified atom stereocenters. The fraction of sp³-hybridized carbons (Fsp3) is 0.529. The Bertz CT molecular complexity index is 692. The minimum Gasteiger partial charge on any atom is -0.480 e. The van der Waals surface area contributed by atoms with E-state index in [1.807, 2.05) is 10.8 Å². The molecule has 2 atom stereocenters. The number of thiazole rings is 2. The van der Waals surface area contributed by atoms with Gasteiger partial charge in [0.25, 0.3) is 0 Å². The van der Waals surface area contributed by atoms with Gasteiger partial charge in [0.2, 0.25) is 0 Å². The number of carbonyl (C=O) groups is 2. The Kier molecular flexibility index (Phi) is 11.0. The monoisotopic (exact) mass is 476 g/mol. The molecule has 0 saturated heterocycles. The fourth-order valence-corrected chi connectivity index (χ4v) is 6.00. The van der Waals surface area contributed by atoms with Crippen molar-refractivity contribution in [3.05, 3.63) is 33.2 Å². The average molecular weight is 477 g/mol. The second-order valence-corrected chi connectivity index (χ2v) is 10.5. The Morgan fingerprint density at radius 2 is 1.69 bits per heavy atom. The molecule has 2 aromatic heterocycles. The van der Waals surface area contributed by atoms with Gasteiger partial charge >= 0.3 is 11.9 Å². The number of nitrogens with zero attached hydrogens (tertiary/aromatic N) is 3. The topological polar surface area (TPSA) is 119 Å². The van der Waals surface area contributed by atoms with Crippen LogP contribution in [0.3, 0.4) is 0 Å². The molecule has 160 valence electrons. The summed E-state index contributed by atoms with van der Waals surface area (Å²) in [5.74, 6) is -0.596. The van der Waals surface area contributed by atoms with Gasteiger partial charge in [0.05, 0.1) is 17.1 Å². The van der Waals surface area contributed by atoms with Gasteiger partial charge in [0.1, 0.15) is 12.1 Å². The van der Waals surface area contributed by atoms with Crippen molar-refractivity contribution in [1.82, 2.24) is 14.9 Å². The van der Waals surface area contributed by atoms with E-state index in [1.54, 1.807) is 35.1 Å². The number of carboxylic acid groups (broad SMARTS) is 1. The van der Waals surface area contributed by atoms with E-state index in [2.05, 4.69) is 14.9 Å². The van der Waals surface area contributed by atoms with Crippen molar-refractivity contribution in [3.63, 3.8) is 0 Å². The summed E-state index contributed by atoms with van der Waals surface area (Å²) in [5.41, 5.74) is 5.54. The molecule has 2 aromatic rings. The minimum atomic E-state index is -1.03. The maximum absolute atomic E-state index is 12.5. The van der Waals surface area contributed by atoms with E-state index >= 15 is 0 Å². The molecule has 0 radical (unpaired) electrons. The van der Waals surface area contributed by atoms with Crippen molar-refractivity contribution >= 4 is 56.2 Å². The van der Waals surface area contributed by atoms with E-state index in [9.17, 15) is 9.59 Å². The first-order chi connectivity index (χ1) is 14.0. The molecule has 0 aromatic carbocycles. The van der Waals surface area contributed by atoms with Crippen molar-refractivity contribution < 1.29 is 19.4 Å². The third-order valence-electron chi connectivity index (χ3n) is 3.98. The van der Waals surface area contributed by atoms with E-state index in [0.29, 0.717) is 18.8 Å². The van der Waals surface area contributed by atoms with Crippen LogP contribution in [-0.2, 0) is 27.2 Å². The highest BCUT2D eigenvalue weighted by Crippen LogP contribution is 2.25. The van der Waals surface area contributed by atoms with Crippen molar-refractivity contribution in [2.75, 3.05) is 31.7 Å². The average Bonchev–Trinajstić information content (AvgIpc) is 3.42. The first kappa shape index (κ1) is 24.1. The second kappa shape index (κ2) is 13.2. The Morgan fingerprint density at radius 3 is 2.14 bits per heavy atom. The number of aromatic nitrogens is 2. The number of nitrogens with two attached hydrogens (primary N) is 1. The first-order valence-corrected chi connectivity index (χ1v) is 13.1.